The van der Waals surface area contributed by atoms with Crippen molar-refractivity contribution in [3.8, 4) is 0 Å². The Labute approximate surface area is 198 Å². The Morgan fingerprint density at radius 3 is 2.38 bits per heavy atom. The number of nitrogens with zero attached hydrogens (tertiary/aromatic N) is 1. The van der Waals surface area contributed by atoms with Gasteiger partial charge in [-0.2, -0.15) is 18.4 Å². The minimum atomic E-state index is -3.97. The number of aryl methyl sites for hydroxylation is 1. The average molecular weight is 484 g/mol. The van der Waals surface area contributed by atoms with Crippen LogP contribution in [-0.4, -0.2) is 20.0 Å². The summed E-state index contributed by atoms with van der Waals surface area (Å²) in [5.74, 6) is 0.257. The number of carbonyl (C=O) groups is 1. The van der Waals surface area contributed by atoms with Crippen LogP contribution in [-0.2, 0) is 16.4 Å². The summed E-state index contributed by atoms with van der Waals surface area (Å²) in [6.45, 7) is 5.96. The molecule has 2 N–H and O–H groups in total. The maximum atomic E-state index is 13.1. The number of nitrogens with one attached hydrogen (secondary N) is 2. The van der Waals surface area contributed by atoms with E-state index >= 15 is 0 Å². The number of hydrazone groups is 1. The lowest BCUT2D eigenvalue weighted by atomic mass is 9.93. The zero-order valence-electron chi connectivity index (χ0n) is 19.2. The predicted molar refractivity (Wildman–Crippen MR) is 128 cm³/mol. The molecule has 178 valence electrons. The molecule has 1 heterocycles. The Bertz CT molecular complexity index is 1340. The summed E-state index contributed by atoms with van der Waals surface area (Å²) in [6, 6.07) is 12.1. The van der Waals surface area contributed by atoms with Gasteiger partial charge in [0, 0.05) is 23.2 Å². The first-order valence-corrected chi connectivity index (χ1v) is 12.5. The highest BCUT2D eigenvalue weighted by Crippen LogP contribution is 2.30. The molecule has 34 heavy (non-hydrogen) atoms. The molecular formula is C25H26FN3O4S. The molecule has 0 unspecified atom stereocenters. The standard InChI is InChI=1S/C25H26FN3O4S/c1-15(2)17-7-11-19(12-8-17)27-25(30)24-16(3)23-21(5-4-6-22(23)33-24)28-29-34(31,32)20-13-9-18(26)10-14-20/h7-15,29H,4-6H2,1-3H3,(H,27,30)/b28-21+. The quantitative estimate of drug-likeness (QED) is 0.475. The molecule has 0 saturated carbocycles. The largest absolute Gasteiger partial charge is 0.455 e. The Hall–Kier alpha value is -3.46. The van der Waals surface area contributed by atoms with Crippen LogP contribution in [0.2, 0.25) is 0 Å². The van der Waals surface area contributed by atoms with E-state index in [2.05, 4.69) is 29.1 Å². The van der Waals surface area contributed by atoms with Crippen molar-refractivity contribution in [2.75, 3.05) is 5.32 Å². The van der Waals surface area contributed by atoms with Crippen molar-refractivity contribution in [2.24, 2.45) is 5.10 Å². The topological polar surface area (TPSA) is 101 Å². The molecule has 3 aromatic rings. The van der Waals surface area contributed by atoms with Crippen LogP contribution in [0.3, 0.4) is 0 Å². The summed E-state index contributed by atoms with van der Waals surface area (Å²) in [6.07, 6.45) is 1.85. The van der Waals surface area contributed by atoms with Crippen molar-refractivity contribution in [3.05, 3.63) is 82.6 Å². The normalized spacial score (nSPS) is 14.8. The molecule has 1 aromatic heterocycles. The van der Waals surface area contributed by atoms with Crippen LogP contribution in [0.15, 0.2) is 62.9 Å². The molecule has 0 bridgehead atoms. The van der Waals surface area contributed by atoms with Gasteiger partial charge in [-0.15, -0.1) is 0 Å². The number of rotatable bonds is 6. The van der Waals surface area contributed by atoms with E-state index in [-0.39, 0.29) is 16.6 Å². The molecule has 7 nitrogen and oxygen atoms in total. The van der Waals surface area contributed by atoms with E-state index in [1.54, 1.807) is 6.92 Å². The van der Waals surface area contributed by atoms with Crippen LogP contribution in [0, 0.1) is 12.7 Å². The third kappa shape index (κ3) is 4.89. The number of fused-ring (bicyclic) bond motifs is 1. The number of sulfonamides is 1. The fourth-order valence-electron chi connectivity index (χ4n) is 3.92. The van der Waals surface area contributed by atoms with Crippen LogP contribution < -0.4 is 10.1 Å². The molecule has 0 radical (unpaired) electrons. The zero-order valence-corrected chi connectivity index (χ0v) is 20.0. The monoisotopic (exact) mass is 483 g/mol. The lowest BCUT2D eigenvalue weighted by Crippen LogP contribution is -2.22. The first-order chi connectivity index (χ1) is 16.2. The van der Waals surface area contributed by atoms with Gasteiger partial charge in [0.2, 0.25) is 0 Å². The van der Waals surface area contributed by atoms with Gasteiger partial charge in [-0.05, 0) is 67.6 Å². The second-order valence-corrected chi connectivity index (χ2v) is 10.2. The Kier molecular flexibility index (Phi) is 6.56. The Morgan fingerprint density at radius 2 is 1.74 bits per heavy atom. The fourth-order valence-corrected chi connectivity index (χ4v) is 4.75. The highest BCUT2D eigenvalue weighted by atomic mass is 32.2. The average Bonchev–Trinajstić information content (AvgIpc) is 3.15. The molecular weight excluding hydrogens is 457 g/mol. The minimum absolute atomic E-state index is 0.0956. The molecule has 1 aliphatic carbocycles. The summed E-state index contributed by atoms with van der Waals surface area (Å²) >= 11 is 0. The number of hydrogen-bond donors (Lipinski definition) is 2. The molecule has 1 aliphatic rings. The molecule has 0 aliphatic heterocycles. The predicted octanol–water partition coefficient (Wildman–Crippen LogP) is 5.12. The van der Waals surface area contributed by atoms with E-state index in [1.807, 2.05) is 24.3 Å². The molecule has 0 saturated heterocycles. The minimum Gasteiger partial charge on any atom is -0.455 e. The van der Waals surface area contributed by atoms with Crippen molar-refractivity contribution in [1.82, 2.24) is 4.83 Å². The SMILES string of the molecule is Cc1c(C(=O)Nc2ccc(C(C)C)cc2)oc2c1/C(=N/NS(=O)(=O)c1ccc(F)cc1)CCC2. The number of amides is 1. The van der Waals surface area contributed by atoms with Gasteiger partial charge in [0.25, 0.3) is 15.9 Å². The third-order valence-electron chi connectivity index (χ3n) is 5.79. The summed E-state index contributed by atoms with van der Waals surface area (Å²) in [5.41, 5.74) is 3.57. The molecule has 0 atom stereocenters. The van der Waals surface area contributed by atoms with Crippen LogP contribution in [0.5, 0.6) is 0 Å². The van der Waals surface area contributed by atoms with Crippen LogP contribution in [0.4, 0.5) is 10.1 Å². The van der Waals surface area contributed by atoms with Gasteiger partial charge in [-0.3, -0.25) is 4.79 Å². The van der Waals surface area contributed by atoms with E-state index in [0.29, 0.717) is 53.5 Å². The van der Waals surface area contributed by atoms with Crippen LogP contribution >= 0.6 is 0 Å². The highest BCUT2D eigenvalue weighted by molar-refractivity contribution is 7.89. The fraction of sp³-hybridized carbons (Fsp3) is 0.280. The van der Waals surface area contributed by atoms with Gasteiger partial charge < -0.3 is 9.73 Å². The van der Waals surface area contributed by atoms with E-state index in [4.69, 9.17) is 4.42 Å². The summed E-state index contributed by atoms with van der Waals surface area (Å²) in [4.78, 5) is 15.0. The van der Waals surface area contributed by atoms with E-state index in [9.17, 15) is 17.6 Å². The zero-order chi connectivity index (χ0) is 24.5. The highest BCUT2D eigenvalue weighted by Gasteiger charge is 2.28. The lowest BCUT2D eigenvalue weighted by molar-refractivity contribution is 0.0994. The molecule has 2 aromatic carbocycles. The van der Waals surface area contributed by atoms with Crippen molar-refractivity contribution in [2.45, 2.75) is 50.8 Å². The van der Waals surface area contributed by atoms with Gasteiger partial charge in [0.1, 0.15) is 11.6 Å². The summed E-state index contributed by atoms with van der Waals surface area (Å²) in [5, 5.41) is 6.99. The van der Waals surface area contributed by atoms with Crippen molar-refractivity contribution in [3.63, 3.8) is 0 Å². The Morgan fingerprint density at radius 1 is 1.06 bits per heavy atom. The Balaban J connectivity index is 1.56. The smallest absolute Gasteiger partial charge is 0.291 e. The summed E-state index contributed by atoms with van der Waals surface area (Å²) < 4.78 is 44.1. The van der Waals surface area contributed by atoms with Gasteiger partial charge >= 0.3 is 0 Å². The maximum absolute atomic E-state index is 13.1. The van der Waals surface area contributed by atoms with Crippen molar-refractivity contribution >= 4 is 27.3 Å². The molecule has 1 amide bonds. The van der Waals surface area contributed by atoms with Crippen molar-refractivity contribution in [1.29, 1.82) is 0 Å². The first kappa shape index (κ1) is 23.7. The molecule has 0 spiro atoms. The van der Waals surface area contributed by atoms with E-state index in [0.717, 1.165) is 12.1 Å². The van der Waals surface area contributed by atoms with Gasteiger partial charge in [-0.25, -0.2) is 4.39 Å². The van der Waals surface area contributed by atoms with Gasteiger partial charge in [0.15, 0.2) is 5.76 Å². The number of benzene rings is 2. The van der Waals surface area contributed by atoms with E-state index in [1.165, 1.54) is 17.7 Å². The van der Waals surface area contributed by atoms with Gasteiger partial charge in [-0.1, -0.05) is 26.0 Å². The van der Waals surface area contributed by atoms with Crippen LogP contribution in [0.1, 0.15) is 65.6 Å². The first-order valence-electron chi connectivity index (χ1n) is 11.0. The summed E-state index contributed by atoms with van der Waals surface area (Å²) in [7, 11) is -3.97. The number of halogens is 1. The van der Waals surface area contributed by atoms with Crippen LogP contribution in [0.25, 0.3) is 0 Å². The van der Waals surface area contributed by atoms with Crippen molar-refractivity contribution < 1.29 is 22.0 Å². The third-order valence-corrected chi connectivity index (χ3v) is 7.02. The number of hydrogen-bond acceptors (Lipinski definition) is 5. The number of carbonyl (C=O) groups excluding carboxylic acids is 1. The van der Waals surface area contributed by atoms with E-state index < -0.39 is 15.8 Å². The van der Waals surface area contributed by atoms with Gasteiger partial charge in [0.05, 0.1) is 10.6 Å². The second-order valence-electron chi connectivity index (χ2n) is 8.55. The lowest BCUT2D eigenvalue weighted by Gasteiger charge is -2.14. The number of anilines is 1. The number of furan rings is 1. The second kappa shape index (κ2) is 9.42. The molecule has 9 heteroatoms. The molecule has 0 fully saturated rings. The molecule has 4 rings (SSSR count). The maximum Gasteiger partial charge on any atom is 0.291 e.